The lowest BCUT2D eigenvalue weighted by Crippen LogP contribution is -2.30. The number of hydrogen-bond donors (Lipinski definition) is 1. The van der Waals surface area contributed by atoms with Gasteiger partial charge >= 0.3 is 12.6 Å². The number of hydrogen-bond acceptors (Lipinski definition) is 6. The SMILES string of the molecule is CCOc1cccc(/C=C2\SC(=S)N(CCC(=O)O)C2=O)c1OC(F)F. The van der Waals surface area contributed by atoms with Crippen molar-refractivity contribution in [2.75, 3.05) is 13.2 Å². The van der Waals surface area contributed by atoms with Crippen LogP contribution in [0.15, 0.2) is 23.1 Å². The fourth-order valence-corrected chi connectivity index (χ4v) is 3.47. The van der Waals surface area contributed by atoms with Gasteiger partial charge in [-0.15, -0.1) is 0 Å². The molecule has 0 spiro atoms. The Balaban J connectivity index is 2.34. The number of halogens is 2. The number of rotatable bonds is 8. The number of thiocarbonyl (C=S) groups is 1. The first-order chi connectivity index (χ1) is 12.3. The van der Waals surface area contributed by atoms with Gasteiger partial charge in [-0.1, -0.05) is 36.1 Å². The van der Waals surface area contributed by atoms with Gasteiger partial charge in [-0.25, -0.2) is 0 Å². The maximum Gasteiger partial charge on any atom is 0.387 e. The zero-order chi connectivity index (χ0) is 19.3. The normalized spacial score (nSPS) is 15.8. The number of aliphatic carboxylic acids is 1. The predicted octanol–water partition coefficient (Wildman–Crippen LogP) is 3.36. The third kappa shape index (κ3) is 4.92. The standard InChI is InChI=1S/C16H15F2NO5S2/c1-2-23-10-5-3-4-9(13(10)24-15(17)18)8-11-14(22)19(16(25)26-11)7-6-12(20)21/h3-5,8,15H,2,6-7H2,1H3,(H,20,21)/b11-8-. The smallest absolute Gasteiger partial charge is 0.387 e. The minimum atomic E-state index is -3.06. The number of benzene rings is 1. The molecule has 26 heavy (non-hydrogen) atoms. The topological polar surface area (TPSA) is 76.1 Å². The summed E-state index contributed by atoms with van der Waals surface area (Å²) >= 11 is 6.06. The number of para-hydroxylation sites is 1. The Hall–Kier alpha value is -2.20. The van der Waals surface area contributed by atoms with E-state index in [9.17, 15) is 18.4 Å². The molecular weight excluding hydrogens is 388 g/mol. The Morgan fingerprint density at radius 2 is 2.19 bits per heavy atom. The van der Waals surface area contributed by atoms with Gasteiger partial charge in [0.2, 0.25) is 0 Å². The summed E-state index contributed by atoms with van der Waals surface area (Å²) in [6.07, 6.45) is 1.12. The van der Waals surface area contributed by atoms with Crippen molar-refractivity contribution in [2.45, 2.75) is 20.0 Å². The Labute approximate surface area is 157 Å². The van der Waals surface area contributed by atoms with E-state index < -0.39 is 18.5 Å². The Bertz CT molecular complexity index is 754. The Kier molecular flexibility index (Phi) is 6.92. The summed E-state index contributed by atoms with van der Waals surface area (Å²) in [7, 11) is 0. The zero-order valence-corrected chi connectivity index (χ0v) is 15.2. The van der Waals surface area contributed by atoms with Crippen molar-refractivity contribution in [1.82, 2.24) is 4.90 Å². The van der Waals surface area contributed by atoms with E-state index in [-0.39, 0.29) is 45.9 Å². The fraction of sp³-hybridized carbons (Fsp3) is 0.312. The van der Waals surface area contributed by atoms with Gasteiger partial charge in [0.15, 0.2) is 11.5 Å². The molecular formula is C16H15F2NO5S2. The number of carbonyl (C=O) groups excluding carboxylic acids is 1. The highest BCUT2D eigenvalue weighted by Crippen LogP contribution is 2.38. The van der Waals surface area contributed by atoms with E-state index in [1.165, 1.54) is 23.1 Å². The van der Waals surface area contributed by atoms with Gasteiger partial charge in [0, 0.05) is 12.1 Å². The number of thioether (sulfide) groups is 1. The molecule has 0 aliphatic carbocycles. The highest BCUT2D eigenvalue weighted by Gasteiger charge is 2.32. The van der Waals surface area contributed by atoms with E-state index in [1.807, 2.05) is 0 Å². The van der Waals surface area contributed by atoms with Crippen LogP contribution in [-0.2, 0) is 9.59 Å². The summed E-state index contributed by atoms with van der Waals surface area (Å²) in [5.41, 5.74) is 0.231. The zero-order valence-electron chi connectivity index (χ0n) is 13.6. The first-order valence-electron chi connectivity index (χ1n) is 7.51. The second-order valence-electron chi connectivity index (χ2n) is 4.96. The summed E-state index contributed by atoms with van der Waals surface area (Å²) in [5.74, 6) is -1.59. The van der Waals surface area contributed by atoms with Crippen LogP contribution in [0.2, 0.25) is 0 Å². The highest BCUT2D eigenvalue weighted by atomic mass is 32.2. The largest absolute Gasteiger partial charge is 0.490 e. The van der Waals surface area contributed by atoms with Crippen molar-refractivity contribution in [3.63, 3.8) is 0 Å². The molecule has 0 bridgehead atoms. The molecule has 0 unspecified atom stereocenters. The van der Waals surface area contributed by atoms with Crippen molar-refractivity contribution in [2.24, 2.45) is 0 Å². The van der Waals surface area contributed by atoms with Gasteiger partial charge in [-0.05, 0) is 19.1 Å². The quantitative estimate of drug-likeness (QED) is 0.527. The number of alkyl halides is 2. The molecule has 1 N–H and O–H groups in total. The molecule has 1 aromatic carbocycles. The van der Waals surface area contributed by atoms with Crippen molar-refractivity contribution in [3.8, 4) is 11.5 Å². The second-order valence-corrected chi connectivity index (χ2v) is 6.64. The van der Waals surface area contributed by atoms with Crippen molar-refractivity contribution >= 4 is 46.3 Å². The van der Waals surface area contributed by atoms with Gasteiger partial charge in [0.05, 0.1) is 17.9 Å². The predicted molar refractivity (Wildman–Crippen MR) is 96.4 cm³/mol. The molecule has 1 saturated heterocycles. The summed E-state index contributed by atoms with van der Waals surface area (Å²) in [5, 5.41) is 8.74. The van der Waals surface area contributed by atoms with Crippen LogP contribution in [0.3, 0.4) is 0 Å². The molecule has 1 fully saturated rings. The average Bonchev–Trinajstić information content (AvgIpc) is 2.82. The molecule has 1 aliphatic rings. The lowest BCUT2D eigenvalue weighted by atomic mass is 10.1. The van der Waals surface area contributed by atoms with Crippen LogP contribution in [0.5, 0.6) is 11.5 Å². The summed E-state index contributed by atoms with van der Waals surface area (Å²) in [6.45, 7) is -1.17. The lowest BCUT2D eigenvalue weighted by Gasteiger charge is -2.14. The number of nitrogens with zero attached hydrogens (tertiary/aromatic N) is 1. The summed E-state index contributed by atoms with van der Waals surface area (Å²) in [6, 6.07) is 4.57. The Morgan fingerprint density at radius 3 is 2.81 bits per heavy atom. The van der Waals surface area contributed by atoms with Gasteiger partial charge in [0.25, 0.3) is 5.91 Å². The van der Waals surface area contributed by atoms with E-state index in [1.54, 1.807) is 13.0 Å². The van der Waals surface area contributed by atoms with Gasteiger partial charge in [0.1, 0.15) is 4.32 Å². The third-order valence-electron chi connectivity index (χ3n) is 3.23. The molecule has 6 nitrogen and oxygen atoms in total. The van der Waals surface area contributed by atoms with Gasteiger partial charge in [-0.2, -0.15) is 8.78 Å². The highest BCUT2D eigenvalue weighted by molar-refractivity contribution is 8.26. The molecule has 1 aromatic rings. The van der Waals surface area contributed by atoms with Crippen molar-refractivity contribution in [3.05, 3.63) is 28.7 Å². The molecule has 2 rings (SSSR count). The van der Waals surface area contributed by atoms with E-state index >= 15 is 0 Å². The molecule has 0 atom stereocenters. The maximum atomic E-state index is 12.8. The van der Waals surface area contributed by atoms with Crippen LogP contribution < -0.4 is 9.47 Å². The van der Waals surface area contributed by atoms with E-state index in [2.05, 4.69) is 4.74 Å². The van der Waals surface area contributed by atoms with Crippen LogP contribution in [0, 0.1) is 0 Å². The lowest BCUT2D eigenvalue weighted by molar-refractivity contribution is -0.137. The van der Waals surface area contributed by atoms with Crippen LogP contribution >= 0.6 is 24.0 Å². The van der Waals surface area contributed by atoms with E-state index in [0.717, 1.165) is 11.8 Å². The maximum absolute atomic E-state index is 12.8. The molecule has 1 amide bonds. The van der Waals surface area contributed by atoms with Crippen LogP contribution in [0.25, 0.3) is 6.08 Å². The third-order valence-corrected chi connectivity index (χ3v) is 4.60. The first-order valence-corrected chi connectivity index (χ1v) is 8.73. The van der Waals surface area contributed by atoms with Crippen molar-refractivity contribution in [1.29, 1.82) is 0 Å². The molecule has 10 heteroatoms. The number of amides is 1. The number of carboxylic acids is 1. The van der Waals surface area contributed by atoms with Crippen LogP contribution in [0.1, 0.15) is 18.9 Å². The molecule has 0 aromatic heterocycles. The average molecular weight is 403 g/mol. The van der Waals surface area contributed by atoms with Gasteiger partial charge in [-0.3, -0.25) is 14.5 Å². The second kappa shape index (κ2) is 8.95. The first kappa shape index (κ1) is 20.1. The number of ether oxygens (including phenoxy) is 2. The van der Waals surface area contributed by atoms with Gasteiger partial charge < -0.3 is 14.6 Å². The molecule has 1 heterocycles. The van der Waals surface area contributed by atoms with Crippen molar-refractivity contribution < 1.29 is 33.0 Å². The Morgan fingerprint density at radius 1 is 1.46 bits per heavy atom. The monoisotopic (exact) mass is 403 g/mol. The number of carbonyl (C=O) groups is 2. The minimum absolute atomic E-state index is 0.0588. The van der Waals surface area contributed by atoms with E-state index in [0.29, 0.717) is 0 Å². The summed E-state index contributed by atoms with van der Waals surface area (Å²) in [4.78, 5) is 24.5. The molecule has 0 radical (unpaired) electrons. The van der Waals surface area contributed by atoms with Crippen LogP contribution in [-0.4, -0.2) is 46.0 Å². The van der Waals surface area contributed by atoms with E-state index in [4.69, 9.17) is 22.1 Å². The molecule has 140 valence electrons. The number of carboxylic acid groups (broad SMARTS) is 1. The molecule has 1 aliphatic heterocycles. The summed E-state index contributed by atoms with van der Waals surface area (Å²) < 4.78 is 35.6. The molecule has 0 saturated carbocycles. The fourth-order valence-electron chi connectivity index (χ4n) is 2.17. The van der Waals surface area contributed by atoms with Crippen LogP contribution in [0.4, 0.5) is 8.78 Å². The minimum Gasteiger partial charge on any atom is -0.490 e.